The monoisotopic (exact) mass is 481 g/mol. The van der Waals surface area contributed by atoms with Crippen LogP contribution in [-0.2, 0) is 9.53 Å². The van der Waals surface area contributed by atoms with Gasteiger partial charge in [-0.25, -0.2) is 4.79 Å². The quantitative estimate of drug-likeness (QED) is 0.524. The van der Waals surface area contributed by atoms with E-state index in [0.29, 0.717) is 27.4 Å². The van der Waals surface area contributed by atoms with E-state index in [1.165, 1.54) is 11.8 Å². The lowest BCUT2D eigenvalue weighted by atomic mass is 10.1. The Balaban J connectivity index is 1.97. The number of halogens is 2. The predicted octanol–water partition coefficient (Wildman–Crippen LogP) is 5.56. The van der Waals surface area contributed by atoms with Crippen LogP contribution < -0.4 is 0 Å². The summed E-state index contributed by atoms with van der Waals surface area (Å²) in [6, 6.07) is 14.0. The van der Waals surface area contributed by atoms with Crippen molar-refractivity contribution in [3.05, 3.63) is 69.2 Å². The van der Waals surface area contributed by atoms with Gasteiger partial charge in [0.1, 0.15) is 11.4 Å². The number of hydrogen-bond donors (Lipinski definition) is 0. The standard InChI is InChI=1S/C21H21BrClNO3S/c1-13(2)11-27-21(26)18-12-28-20(15-8-4-6-10-17(15)23)24(18)19(25)14-7-3-5-9-16(14)22/h3-10,13,18,20H,11-12H2,1-2H3. The molecule has 0 radical (unpaired) electrons. The molecule has 0 saturated carbocycles. The molecule has 1 amide bonds. The Kier molecular flexibility index (Phi) is 7.07. The first kappa shape index (κ1) is 21.2. The van der Waals surface area contributed by atoms with Crippen molar-refractivity contribution in [3.8, 4) is 0 Å². The Hall–Kier alpha value is -1.50. The highest BCUT2D eigenvalue weighted by atomic mass is 79.9. The molecule has 2 aromatic carbocycles. The first-order valence-electron chi connectivity index (χ1n) is 9.00. The highest BCUT2D eigenvalue weighted by molar-refractivity contribution is 9.10. The SMILES string of the molecule is CC(C)COC(=O)C1CSC(c2ccccc2Cl)N1C(=O)c1ccccc1Br. The van der Waals surface area contributed by atoms with Crippen molar-refractivity contribution in [2.45, 2.75) is 25.3 Å². The molecule has 2 unspecified atom stereocenters. The number of carbonyl (C=O) groups is 2. The number of carbonyl (C=O) groups excluding carboxylic acids is 2. The van der Waals surface area contributed by atoms with Crippen LogP contribution in [0.15, 0.2) is 53.0 Å². The van der Waals surface area contributed by atoms with Crippen LogP contribution in [0.3, 0.4) is 0 Å². The van der Waals surface area contributed by atoms with E-state index in [0.717, 1.165) is 5.56 Å². The smallest absolute Gasteiger partial charge is 0.329 e. The maximum absolute atomic E-state index is 13.4. The van der Waals surface area contributed by atoms with Gasteiger partial charge in [0.15, 0.2) is 0 Å². The largest absolute Gasteiger partial charge is 0.464 e. The second-order valence-electron chi connectivity index (χ2n) is 6.94. The summed E-state index contributed by atoms with van der Waals surface area (Å²) in [7, 11) is 0. The van der Waals surface area contributed by atoms with Crippen molar-refractivity contribution < 1.29 is 14.3 Å². The van der Waals surface area contributed by atoms with Crippen LogP contribution in [0.1, 0.15) is 35.1 Å². The number of benzene rings is 2. The van der Waals surface area contributed by atoms with Gasteiger partial charge in [0.2, 0.25) is 0 Å². The van der Waals surface area contributed by atoms with Crippen LogP contribution in [0.25, 0.3) is 0 Å². The molecule has 2 atom stereocenters. The molecule has 1 fully saturated rings. The van der Waals surface area contributed by atoms with Crippen molar-refractivity contribution in [3.63, 3.8) is 0 Å². The molecule has 1 saturated heterocycles. The first-order valence-corrected chi connectivity index (χ1v) is 11.2. The molecule has 0 aromatic heterocycles. The molecule has 1 aliphatic heterocycles. The molecule has 0 aliphatic carbocycles. The van der Waals surface area contributed by atoms with Gasteiger partial charge in [0.25, 0.3) is 5.91 Å². The second-order valence-corrected chi connectivity index (χ2v) is 9.31. The summed E-state index contributed by atoms with van der Waals surface area (Å²) in [4.78, 5) is 27.8. The van der Waals surface area contributed by atoms with Gasteiger partial charge in [-0.1, -0.05) is 55.8 Å². The van der Waals surface area contributed by atoms with Crippen LogP contribution in [0.4, 0.5) is 0 Å². The van der Waals surface area contributed by atoms with Crippen LogP contribution in [0, 0.1) is 5.92 Å². The highest BCUT2D eigenvalue weighted by Crippen LogP contribution is 2.45. The van der Waals surface area contributed by atoms with Crippen LogP contribution in [0.2, 0.25) is 5.02 Å². The fraction of sp³-hybridized carbons (Fsp3) is 0.333. The number of esters is 1. The van der Waals surface area contributed by atoms with Gasteiger partial charge < -0.3 is 9.64 Å². The summed E-state index contributed by atoms with van der Waals surface area (Å²) in [5, 5.41) is 0.214. The van der Waals surface area contributed by atoms with E-state index in [1.54, 1.807) is 23.1 Å². The highest BCUT2D eigenvalue weighted by Gasteiger charge is 2.44. The molecule has 1 heterocycles. The molecule has 1 aliphatic rings. The van der Waals surface area contributed by atoms with Crippen molar-refractivity contribution in [1.82, 2.24) is 4.90 Å². The molecule has 28 heavy (non-hydrogen) atoms. The minimum Gasteiger partial charge on any atom is -0.464 e. The molecule has 148 valence electrons. The summed E-state index contributed by atoms with van der Waals surface area (Å²) in [5.74, 6) is 0.0815. The Morgan fingerprint density at radius 2 is 1.89 bits per heavy atom. The van der Waals surface area contributed by atoms with Gasteiger partial charge in [-0.3, -0.25) is 4.79 Å². The minimum atomic E-state index is -0.662. The zero-order valence-electron chi connectivity index (χ0n) is 15.6. The predicted molar refractivity (Wildman–Crippen MR) is 117 cm³/mol. The molecule has 7 heteroatoms. The number of rotatable bonds is 5. The minimum absolute atomic E-state index is 0.227. The number of nitrogens with zero attached hydrogens (tertiary/aromatic N) is 1. The van der Waals surface area contributed by atoms with E-state index in [1.807, 2.05) is 44.2 Å². The van der Waals surface area contributed by atoms with E-state index in [2.05, 4.69) is 15.9 Å². The number of ether oxygens (including phenoxy) is 1. The summed E-state index contributed by atoms with van der Waals surface area (Å²) >= 11 is 11.4. The maximum Gasteiger partial charge on any atom is 0.329 e. The Morgan fingerprint density at radius 1 is 1.21 bits per heavy atom. The average Bonchev–Trinajstić information content (AvgIpc) is 3.11. The van der Waals surface area contributed by atoms with Crippen LogP contribution >= 0.6 is 39.3 Å². The fourth-order valence-electron chi connectivity index (χ4n) is 2.97. The molecule has 0 spiro atoms. The van der Waals surface area contributed by atoms with E-state index < -0.39 is 6.04 Å². The Morgan fingerprint density at radius 3 is 2.57 bits per heavy atom. The second kappa shape index (κ2) is 9.33. The summed E-state index contributed by atoms with van der Waals surface area (Å²) in [6.07, 6.45) is 0. The lowest BCUT2D eigenvalue weighted by Crippen LogP contribution is -2.44. The topological polar surface area (TPSA) is 46.6 Å². The molecule has 0 N–H and O–H groups in total. The zero-order chi connectivity index (χ0) is 20.3. The van der Waals surface area contributed by atoms with Crippen molar-refractivity contribution in [1.29, 1.82) is 0 Å². The van der Waals surface area contributed by atoms with Gasteiger partial charge in [-0.2, -0.15) is 0 Å². The Labute approximate surface area is 182 Å². The van der Waals surface area contributed by atoms with Crippen molar-refractivity contribution in [2.24, 2.45) is 5.92 Å². The zero-order valence-corrected chi connectivity index (χ0v) is 18.8. The van der Waals surface area contributed by atoms with Crippen molar-refractivity contribution >= 4 is 51.2 Å². The summed E-state index contributed by atoms with van der Waals surface area (Å²) in [5.41, 5.74) is 1.32. The normalized spacial score (nSPS) is 19.1. The van der Waals surface area contributed by atoms with E-state index >= 15 is 0 Å². The van der Waals surface area contributed by atoms with Gasteiger partial charge in [-0.15, -0.1) is 11.8 Å². The molecule has 0 bridgehead atoms. The maximum atomic E-state index is 13.4. The third-order valence-corrected chi connectivity index (χ3v) is 6.68. The molecular weight excluding hydrogens is 462 g/mol. The lowest BCUT2D eigenvalue weighted by Gasteiger charge is -2.29. The molecule has 2 aromatic rings. The van der Waals surface area contributed by atoms with Gasteiger partial charge in [0, 0.05) is 20.8 Å². The Bertz CT molecular complexity index is 876. The average molecular weight is 483 g/mol. The van der Waals surface area contributed by atoms with Gasteiger partial charge in [-0.05, 0) is 40.0 Å². The molecular formula is C21H21BrClNO3S. The molecule has 3 rings (SSSR count). The molecule has 4 nitrogen and oxygen atoms in total. The fourth-order valence-corrected chi connectivity index (χ4v) is 5.18. The third-order valence-electron chi connectivity index (χ3n) is 4.34. The van der Waals surface area contributed by atoms with E-state index in [-0.39, 0.29) is 23.2 Å². The number of amides is 1. The van der Waals surface area contributed by atoms with Crippen molar-refractivity contribution in [2.75, 3.05) is 12.4 Å². The lowest BCUT2D eigenvalue weighted by molar-refractivity contribution is -0.149. The van der Waals surface area contributed by atoms with Gasteiger partial charge in [0.05, 0.1) is 12.2 Å². The van der Waals surface area contributed by atoms with Gasteiger partial charge >= 0.3 is 5.97 Å². The number of thioether (sulfide) groups is 1. The van der Waals surface area contributed by atoms with Crippen LogP contribution in [0.5, 0.6) is 0 Å². The van der Waals surface area contributed by atoms with Crippen LogP contribution in [-0.4, -0.2) is 35.2 Å². The van der Waals surface area contributed by atoms with E-state index in [4.69, 9.17) is 16.3 Å². The van der Waals surface area contributed by atoms with E-state index in [9.17, 15) is 9.59 Å². The summed E-state index contributed by atoms with van der Waals surface area (Å²) in [6.45, 7) is 4.29. The summed E-state index contributed by atoms with van der Waals surface area (Å²) < 4.78 is 6.14. The number of hydrogen-bond acceptors (Lipinski definition) is 4. The first-order chi connectivity index (χ1) is 13.4. The third kappa shape index (κ3) is 4.56.